The summed E-state index contributed by atoms with van der Waals surface area (Å²) >= 11 is 8.13. The molecule has 1 N–H and O–H groups in total. The first-order chi connectivity index (χ1) is 9.48. The number of sulfonamides is 1. The Hall–Kier alpha value is 0.530. The zero-order chi connectivity index (χ0) is 14.3. The minimum atomic E-state index is -3.41. The molecule has 4 nitrogen and oxygen atoms in total. The summed E-state index contributed by atoms with van der Waals surface area (Å²) < 4.78 is 29.0. The molecule has 112 valence electrons. The predicted molar refractivity (Wildman–Crippen MR) is 87.7 cm³/mol. The van der Waals surface area contributed by atoms with Crippen LogP contribution < -0.4 is 5.32 Å². The van der Waals surface area contributed by atoms with Crippen molar-refractivity contribution >= 4 is 53.2 Å². The van der Waals surface area contributed by atoms with Crippen LogP contribution in [0, 0.1) is 0 Å². The Morgan fingerprint density at radius 1 is 1.35 bits per heavy atom. The Kier molecular flexibility index (Phi) is 4.60. The largest absolute Gasteiger partial charge is 0.313 e. The summed E-state index contributed by atoms with van der Waals surface area (Å²) in [6.07, 6.45) is 4.16. The van der Waals surface area contributed by atoms with Gasteiger partial charge in [0.1, 0.15) is 4.90 Å². The first kappa shape index (κ1) is 15.4. The SMILES string of the molecule is O=S(=O)(c1cc(Br)sc1Br)N(CC1CCCN1)C1CC1. The highest BCUT2D eigenvalue weighted by Crippen LogP contribution is 2.39. The lowest BCUT2D eigenvalue weighted by molar-refractivity contribution is 0.363. The van der Waals surface area contributed by atoms with Crippen LogP contribution in [0.5, 0.6) is 0 Å². The number of nitrogens with one attached hydrogen (secondary N) is 1. The van der Waals surface area contributed by atoms with E-state index in [1.807, 2.05) is 0 Å². The molecular weight excluding hydrogens is 428 g/mol. The summed E-state index contributed by atoms with van der Waals surface area (Å²) in [5, 5.41) is 3.39. The van der Waals surface area contributed by atoms with E-state index in [0.717, 1.165) is 36.0 Å². The van der Waals surface area contributed by atoms with Gasteiger partial charge in [0.2, 0.25) is 10.0 Å². The van der Waals surface area contributed by atoms with Crippen molar-refractivity contribution in [2.24, 2.45) is 0 Å². The molecule has 2 heterocycles. The highest BCUT2D eigenvalue weighted by molar-refractivity contribution is 9.12. The van der Waals surface area contributed by atoms with E-state index >= 15 is 0 Å². The van der Waals surface area contributed by atoms with Gasteiger partial charge >= 0.3 is 0 Å². The lowest BCUT2D eigenvalue weighted by Gasteiger charge is -2.24. The average Bonchev–Trinajstić information content (AvgIpc) is 2.96. The van der Waals surface area contributed by atoms with Crippen LogP contribution >= 0.6 is 43.2 Å². The number of thiophene rings is 1. The van der Waals surface area contributed by atoms with Crippen LogP contribution in [0.4, 0.5) is 0 Å². The van der Waals surface area contributed by atoms with Crippen molar-refractivity contribution in [2.45, 2.75) is 42.7 Å². The molecule has 20 heavy (non-hydrogen) atoms. The maximum absolute atomic E-state index is 12.9. The highest BCUT2D eigenvalue weighted by Gasteiger charge is 2.40. The van der Waals surface area contributed by atoms with Crippen molar-refractivity contribution in [3.8, 4) is 0 Å². The van der Waals surface area contributed by atoms with Gasteiger partial charge in [-0.1, -0.05) is 0 Å². The minimum Gasteiger partial charge on any atom is -0.313 e. The molecule has 0 spiro atoms. The van der Waals surface area contributed by atoms with Crippen molar-refractivity contribution in [1.82, 2.24) is 9.62 Å². The van der Waals surface area contributed by atoms with E-state index in [9.17, 15) is 8.42 Å². The third-order valence-electron chi connectivity index (χ3n) is 3.73. The lowest BCUT2D eigenvalue weighted by atomic mass is 10.2. The van der Waals surface area contributed by atoms with Gasteiger partial charge in [-0.15, -0.1) is 11.3 Å². The van der Waals surface area contributed by atoms with E-state index in [1.165, 1.54) is 11.3 Å². The Labute approximate surface area is 140 Å². The fourth-order valence-electron chi connectivity index (χ4n) is 2.56. The third kappa shape index (κ3) is 3.15. The number of rotatable bonds is 5. The number of hydrogen-bond acceptors (Lipinski definition) is 4. The van der Waals surface area contributed by atoms with Gasteiger partial charge < -0.3 is 5.32 Å². The molecule has 2 aliphatic rings. The van der Waals surface area contributed by atoms with Crippen molar-refractivity contribution in [2.75, 3.05) is 13.1 Å². The zero-order valence-electron chi connectivity index (χ0n) is 10.8. The monoisotopic (exact) mass is 442 g/mol. The van der Waals surface area contributed by atoms with Crippen LogP contribution in [-0.2, 0) is 10.0 Å². The molecule has 1 saturated heterocycles. The van der Waals surface area contributed by atoms with Gasteiger partial charge in [-0.25, -0.2) is 8.42 Å². The van der Waals surface area contributed by atoms with E-state index in [2.05, 4.69) is 37.2 Å². The number of halogens is 2. The topological polar surface area (TPSA) is 49.4 Å². The summed E-state index contributed by atoms with van der Waals surface area (Å²) in [7, 11) is -3.41. The van der Waals surface area contributed by atoms with Gasteiger partial charge in [-0.05, 0) is 70.2 Å². The smallest absolute Gasteiger partial charge is 0.245 e. The second kappa shape index (κ2) is 5.96. The summed E-state index contributed by atoms with van der Waals surface area (Å²) in [5.74, 6) is 0. The summed E-state index contributed by atoms with van der Waals surface area (Å²) in [4.78, 5) is 0.388. The molecule has 1 atom stereocenters. The van der Waals surface area contributed by atoms with Crippen molar-refractivity contribution in [3.63, 3.8) is 0 Å². The normalized spacial score (nSPS) is 23.6. The molecule has 1 aliphatic heterocycles. The Morgan fingerprint density at radius 3 is 2.60 bits per heavy atom. The van der Waals surface area contributed by atoms with Crippen molar-refractivity contribution in [1.29, 1.82) is 0 Å². The molecule has 0 radical (unpaired) electrons. The van der Waals surface area contributed by atoms with Crippen molar-refractivity contribution in [3.05, 3.63) is 13.6 Å². The summed E-state index contributed by atoms with van der Waals surface area (Å²) in [6.45, 7) is 1.59. The fourth-order valence-corrected chi connectivity index (χ4v) is 8.06. The standard InChI is InChI=1S/C12H16Br2N2O2S2/c13-11-6-10(12(14)19-11)20(17,18)16(9-3-4-9)7-8-2-1-5-15-8/h6,8-9,15H,1-5,7H2. The van der Waals surface area contributed by atoms with E-state index < -0.39 is 10.0 Å². The Morgan fingerprint density at radius 2 is 2.10 bits per heavy atom. The van der Waals surface area contributed by atoms with Crippen LogP contribution in [0.25, 0.3) is 0 Å². The molecule has 1 unspecified atom stereocenters. The van der Waals surface area contributed by atoms with Gasteiger partial charge in [-0.2, -0.15) is 4.31 Å². The van der Waals surface area contributed by atoms with Crippen LogP contribution in [0.2, 0.25) is 0 Å². The molecule has 1 saturated carbocycles. The lowest BCUT2D eigenvalue weighted by Crippen LogP contribution is -2.42. The third-order valence-corrected chi connectivity index (χ3v) is 8.40. The molecule has 1 aromatic heterocycles. The van der Waals surface area contributed by atoms with Gasteiger partial charge in [0.15, 0.2) is 0 Å². The Balaban J connectivity index is 1.87. The highest BCUT2D eigenvalue weighted by atomic mass is 79.9. The molecule has 2 fully saturated rings. The second-order valence-corrected chi connectivity index (χ2v) is 10.9. The van der Waals surface area contributed by atoms with Gasteiger partial charge in [-0.3, -0.25) is 0 Å². The predicted octanol–water partition coefficient (Wildman–Crippen LogP) is 3.18. The van der Waals surface area contributed by atoms with E-state index in [-0.39, 0.29) is 6.04 Å². The molecule has 0 aromatic carbocycles. The minimum absolute atomic E-state index is 0.188. The first-order valence-electron chi connectivity index (χ1n) is 6.68. The van der Waals surface area contributed by atoms with Crippen LogP contribution in [0.3, 0.4) is 0 Å². The fraction of sp³-hybridized carbons (Fsp3) is 0.667. The first-order valence-corrected chi connectivity index (χ1v) is 10.5. The molecule has 3 rings (SSSR count). The summed E-state index contributed by atoms with van der Waals surface area (Å²) in [6, 6.07) is 2.18. The number of hydrogen-bond donors (Lipinski definition) is 1. The molecule has 1 aliphatic carbocycles. The number of nitrogens with zero attached hydrogens (tertiary/aromatic N) is 1. The van der Waals surface area contributed by atoms with Crippen LogP contribution in [-0.4, -0.2) is 37.9 Å². The van der Waals surface area contributed by atoms with Crippen molar-refractivity contribution < 1.29 is 8.42 Å². The molecular formula is C12H16Br2N2O2S2. The van der Waals surface area contributed by atoms with Crippen LogP contribution in [0.1, 0.15) is 25.7 Å². The maximum Gasteiger partial charge on any atom is 0.245 e. The quantitative estimate of drug-likeness (QED) is 0.760. The van der Waals surface area contributed by atoms with Crippen LogP contribution in [0.15, 0.2) is 18.5 Å². The van der Waals surface area contributed by atoms with Gasteiger partial charge in [0, 0.05) is 18.6 Å². The zero-order valence-corrected chi connectivity index (χ0v) is 15.6. The summed E-state index contributed by atoms with van der Waals surface area (Å²) in [5.41, 5.74) is 0. The van der Waals surface area contributed by atoms with E-state index in [1.54, 1.807) is 10.4 Å². The maximum atomic E-state index is 12.9. The van der Waals surface area contributed by atoms with E-state index in [0.29, 0.717) is 21.3 Å². The molecule has 0 amide bonds. The average molecular weight is 444 g/mol. The molecule has 8 heteroatoms. The van der Waals surface area contributed by atoms with Gasteiger partial charge in [0.25, 0.3) is 0 Å². The Bertz CT molecular complexity index is 593. The molecule has 0 bridgehead atoms. The second-order valence-electron chi connectivity index (χ2n) is 5.29. The molecule has 1 aromatic rings. The van der Waals surface area contributed by atoms with E-state index in [4.69, 9.17) is 0 Å². The van der Waals surface area contributed by atoms with Gasteiger partial charge in [0.05, 0.1) is 7.57 Å².